The van der Waals surface area contributed by atoms with E-state index in [-0.39, 0.29) is 22.8 Å². The van der Waals surface area contributed by atoms with Gasteiger partial charge in [-0.2, -0.15) is 0 Å². The molecule has 0 aliphatic heterocycles. The molecule has 0 fully saturated rings. The van der Waals surface area contributed by atoms with Crippen molar-refractivity contribution in [1.29, 1.82) is 0 Å². The van der Waals surface area contributed by atoms with E-state index in [0.29, 0.717) is 25.8 Å². The number of nitro benzene ring substituents is 1. The molecule has 0 aliphatic rings. The van der Waals surface area contributed by atoms with Crippen molar-refractivity contribution in [2.45, 2.75) is 25.7 Å². The van der Waals surface area contributed by atoms with E-state index in [9.17, 15) is 19.3 Å². The highest BCUT2D eigenvalue weighted by atomic mass is 35.5. The van der Waals surface area contributed by atoms with Gasteiger partial charge in [-0.15, -0.1) is 0 Å². The lowest BCUT2D eigenvalue weighted by molar-refractivity contribution is -0.384. The van der Waals surface area contributed by atoms with Gasteiger partial charge in [0.25, 0.3) is 5.69 Å². The highest BCUT2D eigenvalue weighted by Crippen LogP contribution is 2.30. The zero-order chi connectivity index (χ0) is 15.1. The molecule has 0 saturated heterocycles. The van der Waals surface area contributed by atoms with E-state index in [4.69, 9.17) is 16.7 Å². The summed E-state index contributed by atoms with van der Waals surface area (Å²) in [5, 5.41) is 21.7. The minimum atomic E-state index is -0.853. The van der Waals surface area contributed by atoms with Crippen molar-refractivity contribution in [2.75, 3.05) is 11.9 Å². The van der Waals surface area contributed by atoms with Crippen molar-refractivity contribution in [3.05, 3.63) is 33.1 Å². The molecule has 0 radical (unpaired) electrons. The summed E-state index contributed by atoms with van der Waals surface area (Å²) in [5.74, 6) is -1.58. The van der Waals surface area contributed by atoms with Crippen molar-refractivity contribution in [3.8, 4) is 0 Å². The number of hydrogen-bond acceptors (Lipinski definition) is 4. The van der Waals surface area contributed by atoms with E-state index in [1.807, 2.05) is 0 Å². The Kier molecular flexibility index (Phi) is 6.17. The predicted molar refractivity (Wildman–Crippen MR) is 72.7 cm³/mol. The standard InChI is InChI=1S/C12H14ClFN2O4/c13-8-6-11(16(19)20)10(7-9(8)14)15-5-3-1-2-4-12(17)18/h6-7,15H,1-5H2,(H,17,18). The molecular formula is C12H14ClFN2O4. The smallest absolute Gasteiger partial charge is 0.303 e. The minimum absolute atomic E-state index is 0.0649. The third kappa shape index (κ3) is 5.00. The number of hydrogen-bond donors (Lipinski definition) is 2. The average Bonchev–Trinajstić information content (AvgIpc) is 2.36. The van der Waals surface area contributed by atoms with Crippen LogP contribution in [0.25, 0.3) is 0 Å². The Labute approximate surface area is 119 Å². The first-order valence-corrected chi connectivity index (χ1v) is 6.38. The van der Waals surface area contributed by atoms with Gasteiger partial charge in [-0.3, -0.25) is 14.9 Å². The van der Waals surface area contributed by atoms with Crippen LogP contribution in [0.15, 0.2) is 12.1 Å². The highest BCUT2D eigenvalue weighted by molar-refractivity contribution is 6.31. The van der Waals surface area contributed by atoms with Crippen LogP contribution in [0.5, 0.6) is 0 Å². The number of nitrogens with one attached hydrogen (secondary N) is 1. The van der Waals surface area contributed by atoms with Crippen molar-refractivity contribution in [3.63, 3.8) is 0 Å². The predicted octanol–water partition coefficient (Wildman–Crippen LogP) is 3.44. The first-order valence-electron chi connectivity index (χ1n) is 6.01. The van der Waals surface area contributed by atoms with Gasteiger partial charge in [0.15, 0.2) is 0 Å². The van der Waals surface area contributed by atoms with Gasteiger partial charge in [-0.1, -0.05) is 18.0 Å². The monoisotopic (exact) mass is 304 g/mol. The van der Waals surface area contributed by atoms with Crippen molar-refractivity contribution >= 4 is 28.9 Å². The molecule has 0 unspecified atom stereocenters. The van der Waals surface area contributed by atoms with E-state index >= 15 is 0 Å². The van der Waals surface area contributed by atoms with Gasteiger partial charge in [-0.25, -0.2) is 4.39 Å². The molecule has 110 valence electrons. The second-order valence-corrected chi connectivity index (χ2v) is 4.58. The largest absolute Gasteiger partial charge is 0.481 e. The van der Waals surface area contributed by atoms with Crippen LogP contribution >= 0.6 is 11.6 Å². The Morgan fingerprint density at radius 2 is 2.10 bits per heavy atom. The van der Waals surface area contributed by atoms with Gasteiger partial charge >= 0.3 is 5.97 Å². The van der Waals surface area contributed by atoms with Crippen LogP contribution in [0.1, 0.15) is 25.7 Å². The van der Waals surface area contributed by atoms with Gasteiger partial charge in [0, 0.05) is 25.1 Å². The number of nitrogens with zero attached hydrogens (tertiary/aromatic N) is 1. The molecule has 0 aromatic heterocycles. The molecule has 20 heavy (non-hydrogen) atoms. The number of anilines is 1. The Bertz CT molecular complexity index is 510. The Morgan fingerprint density at radius 3 is 2.70 bits per heavy atom. The van der Waals surface area contributed by atoms with Crippen LogP contribution in [-0.2, 0) is 4.79 Å². The first kappa shape index (κ1) is 16.2. The van der Waals surface area contributed by atoms with Gasteiger partial charge in [0.1, 0.15) is 11.5 Å². The summed E-state index contributed by atoms with van der Waals surface area (Å²) in [6.45, 7) is 0.390. The second kappa shape index (κ2) is 7.64. The third-order valence-corrected chi connectivity index (χ3v) is 2.91. The van der Waals surface area contributed by atoms with Crippen LogP contribution in [0.3, 0.4) is 0 Å². The number of rotatable bonds is 8. The fourth-order valence-corrected chi connectivity index (χ4v) is 1.79. The molecule has 6 nitrogen and oxygen atoms in total. The van der Waals surface area contributed by atoms with E-state index < -0.39 is 16.7 Å². The van der Waals surface area contributed by atoms with Crippen LogP contribution in [0.4, 0.5) is 15.8 Å². The molecule has 0 spiro atoms. The van der Waals surface area contributed by atoms with Gasteiger partial charge in [-0.05, 0) is 12.8 Å². The Morgan fingerprint density at radius 1 is 1.40 bits per heavy atom. The molecule has 1 rings (SSSR count). The molecule has 0 atom stereocenters. The van der Waals surface area contributed by atoms with Crippen molar-refractivity contribution in [2.24, 2.45) is 0 Å². The fourth-order valence-electron chi connectivity index (χ4n) is 1.63. The number of nitro groups is 1. The number of aliphatic carboxylic acids is 1. The molecule has 2 N–H and O–H groups in total. The molecule has 0 bridgehead atoms. The third-order valence-electron chi connectivity index (χ3n) is 2.62. The zero-order valence-electron chi connectivity index (χ0n) is 10.6. The van der Waals surface area contributed by atoms with E-state index in [2.05, 4.69) is 5.32 Å². The Balaban J connectivity index is 2.53. The molecular weight excluding hydrogens is 291 g/mol. The topological polar surface area (TPSA) is 92.5 Å². The maximum atomic E-state index is 13.3. The summed E-state index contributed by atoms with van der Waals surface area (Å²) >= 11 is 5.50. The summed E-state index contributed by atoms with van der Waals surface area (Å²) < 4.78 is 13.3. The van der Waals surface area contributed by atoms with Crippen LogP contribution in [-0.4, -0.2) is 22.5 Å². The van der Waals surface area contributed by atoms with Crippen LogP contribution in [0, 0.1) is 15.9 Å². The van der Waals surface area contributed by atoms with Gasteiger partial charge in [0.05, 0.1) is 9.95 Å². The lowest BCUT2D eigenvalue weighted by Crippen LogP contribution is -2.05. The zero-order valence-corrected chi connectivity index (χ0v) is 11.3. The van der Waals surface area contributed by atoms with E-state index in [1.165, 1.54) is 0 Å². The maximum Gasteiger partial charge on any atom is 0.303 e. The minimum Gasteiger partial charge on any atom is -0.481 e. The maximum absolute atomic E-state index is 13.3. The first-order chi connectivity index (χ1) is 9.41. The van der Waals surface area contributed by atoms with E-state index in [0.717, 1.165) is 12.1 Å². The summed E-state index contributed by atoms with van der Waals surface area (Å²) in [7, 11) is 0. The molecule has 0 aliphatic carbocycles. The number of unbranched alkanes of at least 4 members (excludes halogenated alkanes) is 2. The highest BCUT2D eigenvalue weighted by Gasteiger charge is 2.17. The average molecular weight is 305 g/mol. The molecule has 8 heteroatoms. The molecule has 1 aromatic rings. The summed E-state index contributed by atoms with van der Waals surface area (Å²) in [6, 6.07) is 1.95. The van der Waals surface area contributed by atoms with Gasteiger partial charge in [0.2, 0.25) is 0 Å². The molecule has 0 heterocycles. The van der Waals surface area contributed by atoms with E-state index in [1.54, 1.807) is 0 Å². The molecule has 1 aromatic carbocycles. The number of benzene rings is 1. The van der Waals surface area contributed by atoms with Crippen LogP contribution in [0.2, 0.25) is 5.02 Å². The summed E-state index contributed by atoms with van der Waals surface area (Å²) in [4.78, 5) is 20.5. The second-order valence-electron chi connectivity index (χ2n) is 4.17. The Hall–Kier alpha value is -1.89. The SMILES string of the molecule is O=C(O)CCCCCNc1cc(F)c(Cl)cc1[N+](=O)[O-]. The normalized spacial score (nSPS) is 10.3. The number of halogens is 2. The fraction of sp³-hybridized carbons (Fsp3) is 0.417. The molecule has 0 amide bonds. The molecule has 0 saturated carbocycles. The number of carbonyl (C=O) groups is 1. The summed E-state index contributed by atoms with van der Waals surface area (Å²) in [5.41, 5.74) is -0.225. The van der Waals surface area contributed by atoms with Crippen molar-refractivity contribution in [1.82, 2.24) is 0 Å². The number of carboxylic acids is 1. The van der Waals surface area contributed by atoms with Gasteiger partial charge < -0.3 is 10.4 Å². The lowest BCUT2D eigenvalue weighted by Gasteiger charge is -2.07. The van der Waals surface area contributed by atoms with Crippen LogP contribution < -0.4 is 5.32 Å². The number of carboxylic acid groups (broad SMARTS) is 1. The summed E-state index contributed by atoms with van der Waals surface area (Å²) in [6.07, 6.45) is 1.93. The van der Waals surface area contributed by atoms with Crippen molar-refractivity contribution < 1.29 is 19.2 Å². The quantitative estimate of drug-likeness (QED) is 0.436. The lowest BCUT2D eigenvalue weighted by atomic mass is 10.2.